The highest BCUT2D eigenvalue weighted by Crippen LogP contribution is 2.20. The Labute approximate surface area is 130 Å². The first-order chi connectivity index (χ1) is 10.9. The second-order valence-corrected chi connectivity index (χ2v) is 4.74. The molecule has 1 heterocycles. The van der Waals surface area contributed by atoms with Crippen molar-refractivity contribution < 1.29 is 24.0 Å². The van der Waals surface area contributed by atoms with Crippen LogP contribution in [0.2, 0.25) is 0 Å². The molecular weight excluding hydrogens is 302 g/mol. The van der Waals surface area contributed by atoms with Crippen molar-refractivity contribution in [1.82, 2.24) is 5.32 Å². The second kappa shape index (κ2) is 6.65. The zero-order valence-electron chi connectivity index (χ0n) is 11.9. The third kappa shape index (κ3) is 3.88. The first kappa shape index (κ1) is 16.1. The Kier molecular flexibility index (Phi) is 4.65. The fourth-order valence-corrected chi connectivity index (χ4v) is 1.94. The number of amides is 5. The minimum Gasteiger partial charge on any atom is -0.370 e. The Morgan fingerprint density at radius 2 is 1.70 bits per heavy atom. The Bertz CT molecular complexity index is 720. The average molecular weight is 315 g/mol. The van der Waals surface area contributed by atoms with Crippen LogP contribution in [0.5, 0.6) is 0 Å². The number of hydrogen-bond acceptors (Lipinski definition) is 5. The van der Waals surface area contributed by atoms with Gasteiger partial charge in [0.15, 0.2) is 0 Å². The van der Waals surface area contributed by atoms with E-state index in [0.717, 1.165) is 17.1 Å². The van der Waals surface area contributed by atoms with Crippen molar-refractivity contribution in [3.05, 3.63) is 42.0 Å². The van der Waals surface area contributed by atoms with Crippen LogP contribution < -0.4 is 16.0 Å². The van der Waals surface area contributed by atoms with Gasteiger partial charge in [0.1, 0.15) is 0 Å². The molecule has 8 heteroatoms. The molecule has 0 saturated carbocycles. The van der Waals surface area contributed by atoms with Crippen LogP contribution in [0, 0.1) is 0 Å². The van der Waals surface area contributed by atoms with Gasteiger partial charge in [0, 0.05) is 30.6 Å². The molecule has 2 rings (SSSR count). The molecule has 0 saturated heterocycles. The SMILES string of the molecule is NC(=O)CCC(=O)NC(=O)c1cccc(N2C(=O)C=CC2=O)c1. The Hall–Kier alpha value is -3.29. The number of anilines is 1. The van der Waals surface area contributed by atoms with Crippen LogP contribution in [-0.4, -0.2) is 29.5 Å². The molecule has 3 N–H and O–H groups in total. The first-order valence-electron chi connectivity index (χ1n) is 6.67. The molecule has 0 fully saturated rings. The normalized spacial score (nSPS) is 13.3. The summed E-state index contributed by atoms with van der Waals surface area (Å²) in [6.07, 6.45) is 1.89. The van der Waals surface area contributed by atoms with Gasteiger partial charge in [0.25, 0.3) is 17.7 Å². The molecule has 23 heavy (non-hydrogen) atoms. The molecule has 118 valence electrons. The molecule has 1 aromatic rings. The fourth-order valence-electron chi connectivity index (χ4n) is 1.94. The summed E-state index contributed by atoms with van der Waals surface area (Å²) in [6.45, 7) is 0. The molecule has 0 aromatic heterocycles. The van der Waals surface area contributed by atoms with Crippen LogP contribution in [0.1, 0.15) is 23.2 Å². The molecule has 8 nitrogen and oxygen atoms in total. The highest BCUT2D eigenvalue weighted by molar-refractivity contribution is 6.28. The van der Waals surface area contributed by atoms with Crippen molar-refractivity contribution in [2.75, 3.05) is 4.90 Å². The van der Waals surface area contributed by atoms with Gasteiger partial charge < -0.3 is 5.73 Å². The van der Waals surface area contributed by atoms with Crippen molar-refractivity contribution in [2.45, 2.75) is 12.8 Å². The molecule has 0 unspecified atom stereocenters. The minimum absolute atomic E-state index is 0.0995. The summed E-state index contributed by atoms with van der Waals surface area (Å²) in [4.78, 5) is 58.2. The van der Waals surface area contributed by atoms with E-state index in [1.54, 1.807) is 0 Å². The van der Waals surface area contributed by atoms with Gasteiger partial charge in [-0.1, -0.05) is 6.07 Å². The van der Waals surface area contributed by atoms with E-state index < -0.39 is 29.5 Å². The fraction of sp³-hybridized carbons (Fsp3) is 0.133. The maximum Gasteiger partial charge on any atom is 0.258 e. The van der Waals surface area contributed by atoms with Crippen LogP contribution >= 0.6 is 0 Å². The summed E-state index contributed by atoms with van der Waals surface area (Å²) in [5.74, 6) is -3.01. The van der Waals surface area contributed by atoms with Gasteiger partial charge in [0.2, 0.25) is 11.8 Å². The smallest absolute Gasteiger partial charge is 0.258 e. The first-order valence-corrected chi connectivity index (χ1v) is 6.67. The van der Waals surface area contributed by atoms with E-state index in [0.29, 0.717) is 0 Å². The zero-order chi connectivity index (χ0) is 17.0. The number of carbonyl (C=O) groups excluding carboxylic acids is 5. The molecule has 0 spiro atoms. The molecule has 1 aliphatic heterocycles. The van der Waals surface area contributed by atoms with Crippen molar-refractivity contribution in [3.8, 4) is 0 Å². The average Bonchev–Trinajstić information content (AvgIpc) is 2.84. The quantitative estimate of drug-likeness (QED) is 0.717. The highest BCUT2D eigenvalue weighted by Gasteiger charge is 2.25. The van der Waals surface area contributed by atoms with Gasteiger partial charge in [-0.2, -0.15) is 0 Å². The van der Waals surface area contributed by atoms with Crippen molar-refractivity contribution in [2.24, 2.45) is 5.73 Å². The summed E-state index contributed by atoms with van der Waals surface area (Å²) >= 11 is 0. The maximum absolute atomic E-state index is 12.0. The predicted molar refractivity (Wildman–Crippen MR) is 79.0 cm³/mol. The Balaban J connectivity index is 2.09. The number of benzene rings is 1. The van der Waals surface area contributed by atoms with Crippen molar-refractivity contribution in [1.29, 1.82) is 0 Å². The number of nitrogens with one attached hydrogen (secondary N) is 1. The van der Waals surface area contributed by atoms with Crippen molar-refractivity contribution in [3.63, 3.8) is 0 Å². The molecule has 5 amide bonds. The molecule has 0 aliphatic carbocycles. The lowest BCUT2D eigenvalue weighted by atomic mass is 10.1. The topological polar surface area (TPSA) is 127 Å². The maximum atomic E-state index is 12.0. The zero-order valence-corrected chi connectivity index (χ0v) is 11.9. The molecular formula is C15H13N3O5. The summed E-state index contributed by atoms with van der Waals surface area (Å²) in [5, 5.41) is 2.10. The van der Waals surface area contributed by atoms with Gasteiger partial charge in [-0.25, -0.2) is 4.90 Å². The number of primary amides is 1. The van der Waals surface area contributed by atoms with E-state index in [1.807, 2.05) is 0 Å². The summed E-state index contributed by atoms with van der Waals surface area (Å²) in [5.41, 5.74) is 5.24. The number of nitrogens with two attached hydrogens (primary N) is 1. The Morgan fingerprint density at radius 1 is 1.04 bits per heavy atom. The van der Waals surface area contributed by atoms with E-state index in [9.17, 15) is 24.0 Å². The van der Waals surface area contributed by atoms with E-state index in [1.165, 1.54) is 24.3 Å². The minimum atomic E-state index is -0.701. The van der Waals surface area contributed by atoms with Crippen molar-refractivity contribution >= 4 is 35.2 Å². The third-order valence-corrected chi connectivity index (χ3v) is 3.03. The summed E-state index contributed by atoms with van der Waals surface area (Å²) in [7, 11) is 0. The molecule has 1 aliphatic rings. The lowest BCUT2D eigenvalue weighted by molar-refractivity contribution is -0.124. The Morgan fingerprint density at radius 3 is 2.30 bits per heavy atom. The predicted octanol–water partition coefficient (Wildman–Crippen LogP) is -0.362. The number of hydrogen-bond donors (Lipinski definition) is 2. The molecule has 0 bridgehead atoms. The lowest BCUT2D eigenvalue weighted by Gasteiger charge is -2.14. The third-order valence-electron chi connectivity index (χ3n) is 3.03. The van der Waals surface area contributed by atoms with Gasteiger partial charge in [-0.15, -0.1) is 0 Å². The number of imide groups is 2. The highest BCUT2D eigenvalue weighted by atomic mass is 16.2. The monoisotopic (exact) mass is 315 g/mol. The van der Waals surface area contributed by atoms with Crippen LogP contribution in [0.25, 0.3) is 0 Å². The largest absolute Gasteiger partial charge is 0.370 e. The van der Waals surface area contributed by atoms with Gasteiger partial charge >= 0.3 is 0 Å². The lowest BCUT2D eigenvalue weighted by Crippen LogP contribution is -2.32. The standard InChI is InChI=1S/C15H13N3O5/c16-11(19)4-5-12(20)17-15(23)9-2-1-3-10(8-9)18-13(21)6-7-14(18)22/h1-3,6-8H,4-5H2,(H2,16,19)(H,17,20,23). The van der Waals surface area contributed by atoms with Crippen LogP contribution in [0.15, 0.2) is 36.4 Å². The molecule has 0 radical (unpaired) electrons. The number of carbonyl (C=O) groups is 5. The van der Waals surface area contributed by atoms with E-state index in [-0.39, 0.29) is 24.1 Å². The van der Waals surface area contributed by atoms with E-state index in [2.05, 4.69) is 5.32 Å². The van der Waals surface area contributed by atoms with E-state index >= 15 is 0 Å². The van der Waals surface area contributed by atoms with Gasteiger partial charge in [0.05, 0.1) is 5.69 Å². The number of nitrogens with zero attached hydrogens (tertiary/aromatic N) is 1. The number of rotatable bonds is 5. The van der Waals surface area contributed by atoms with Crippen LogP contribution in [-0.2, 0) is 19.2 Å². The van der Waals surface area contributed by atoms with Gasteiger partial charge in [-0.3, -0.25) is 29.3 Å². The van der Waals surface area contributed by atoms with Crippen LogP contribution in [0.4, 0.5) is 5.69 Å². The molecule has 0 atom stereocenters. The summed E-state index contributed by atoms with van der Waals surface area (Å²) in [6, 6.07) is 5.73. The second-order valence-electron chi connectivity index (χ2n) is 4.74. The van der Waals surface area contributed by atoms with Crippen LogP contribution in [0.3, 0.4) is 0 Å². The summed E-state index contributed by atoms with van der Waals surface area (Å²) < 4.78 is 0. The molecule has 1 aromatic carbocycles. The van der Waals surface area contributed by atoms with Gasteiger partial charge in [-0.05, 0) is 18.2 Å². The van der Waals surface area contributed by atoms with E-state index in [4.69, 9.17) is 5.73 Å².